The van der Waals surface area contributed by atoms with E-state index >= 15 is 0 Å². The lowest BCUT2D eigenvalue weighted by molar-refractivity contribution is -0.139. The molecule has 3 atom stereocenters. The Morgan fingerprint density at radius 3 is 2.79 bits per heavy atom. The second-order valence-electron chi connectivity index (χ2n) is 6.87. The fourth-order valence-electron chi connectivity index (χ4n) is 3.61. The van der Waals surface area contributed by atoms with Gasteiger partial charge in [-0.2, -0.15) is 0 Å². The number of amides is 1. The van der Waals surface area contributed by atoms with Crippen LogP contribution >= 0.6 is 0 Å². The van der Waals surface area contributed by atoms with Crippen molar-refractivity contribution < 1.29 is 19.4 Å². The smallest absolute Gasteiger partial charge is 0.305 e. The van der Waals surface area contributed by atoms with Crippen LogP contribution in [0.25, 0.3) is 0 Å². The van der Waals surface area contributed by atoms with Crippen LogP contribution in [0.2, 0.25) is 0 Å². The molecule has 1 aromatic rings. The normalized spacial score (nSPS) is 25.5. The van der Waals surface area contributed by atoms with E-state index in [4.69, 9.17) is 9.84 Å². The van der Waals surface area contributed by atoms with Crippen molar-refractivity contribution in [1.29, 1.82) is 0 Å². The third-order valence-electron chi connectivity index (χ3n) is 5.05. The highest BCUT2D eigenvalue weighted by Crippen LogP contribution is 2.49. The number of hydrogen-bond donors (Lipinski definition) is 1. The zero-order valence-corrected chi connectivity index (χ0v) is 14.1. The van der Waals surface area contributed by atoms with Crippen LogP contribution < -0.4 is 0 Å². The molecule has 1 aliphatic heterocycles. The zero-order valence-electron chi connectivity index (χ0n) is 14.1. The first-order chi connectivity index (χ1) is 11.6. The third-order valence-corrected chi connectivity index (χ3v) is 5.05. The molecule has 0 unspecified atom stereocenters. The molecule has 0 spiro atoms. The van der Waals surface area contributed by atoms with E-state index in [1.807, 2.05) is 12.1 Å². The number of carboxylic acids is 1. The van der Waals surface area contributed by atoms with E-state index in [1.165, 1.54) is 11.1 Å². The largest absolute Gasteiger partial charge is 0.481 e. The van der Waals surface area contributed by atoms with Crippen LogP contribution in [-0.4, -0.2) is 47.7 Å². The van der Waals surface area contributed by atoms with Gasteiger partial charge in [-0.15, -0.1) is 0 Å². The van der Waals surface area contributed by atoms with Gasteiger partial charge in [0.2, 0.25) is 5.91 Å². The summed E-state index contributed by atoms with van der Waals surface area (Å²) in [6, 6.07) is 8.18. The number of ether oxygens (including phenoxy) is 1. The van der Waals surface area contributed by atoms with Gasteiger partial charge in [-0.05, 0) is 43.2 Å². The molecule has 1 saturated carbocycles. The molecule has 5 heteroatoms. The van der Waals surface area contributed by atoms with Gasteiger partial charge in [0.15, 0.2) is 0 Å². The Kier molecular flexibility index (Phi) is 5.19. The summed E-state index contributed by atoms with van der Waals surface area (Å²) < 4.78 is 5.63. The molecule has 1 aliphatic carbocycles. The summed E-state index contributed by atoms with van der Waals surface area (Å²) in [5.41, 5.74) is 2.46. The average molecular weight is 331 g/mol. The number of carbonyl (C=O) groups excluding carboxylic acids is 1. The maximum Gasteiger partial charge on any atom is 0.305 e. The standard InChI is InChI=1S/C19H25NO4/c1-13-5-2-3-7-15(13)16-11-17(16)19(23)20(9-8-18(21)22)12-14-6-4-10-24-14/h2-3,5,7,14,16-17H,4,6,8-12H2,1H3,(H,21,22)/t14-,16+,17+/m1/s1. The third kappa shape index (κ3) is 3.96. The van der Waals surface area contributed by atoms with Crippen molar-refractivity contribution in [2.75, 3.05) is 19.7 Å². The van der Waals surface area contributed by atoms with Crippen molar-refractivity contribution in [2.45, 2.75) is 44.6 Å². The minimum atomic E-state index is -0.869. The summed E-state index contributed by atoms with van der Waals surface area (Å²) in [4.78, 5) is 25.5. The van der Waals surface area contributed by atoms with E-state index in [2.05, 4.69) is 19.1 Å². The highest BCUT2D eigenvalue weighted by molar-refractivity contribution is 5.83. The van der Waals surface area contributed by atoms with Crippen LogP contribution in [0.1, 0.15) is 42.7 Å². The molecule has 1 aromatic carbocycles. The maximum absolute atomic E-state index is 12.9. The summed E-state index contributed by atoms with van der Waals surface area (Å²) in [7, 11) is 0. The number of rotatable bonds is 7. The zero-order chi connectivity index (χ0) is 17.1. The predicted octanol–water partition coefficient (Wildman–Crippen LogP) is 2.58. The first-order valence-corrected chi connectivity index (χ1v) is 8.74. The monoisotopic (exact) mass is 331 g/mol. The van der Waals surface area contributed by atoms with Gasteiger partial charge in [0.25, 0.3) is 0 Å². The second-order valence-corrected chi connectivity index (χ2v) is 6.87. The Labute approximate surface area is 142 Å². The molecule has 1 saturated heterocycles. The van der Waals surface area contributed by atoms with E-state index in [-0.39, 0.29) is 36.8 Å². The van der Waals surface area contributed by atoms with Crippen molar-refractivity contribution in [3.63, 3.8) is 0 Å². The number of hydrogen-bond acceptors (Lipinski definition) is 3. The molecular formula is C19H25NO4. The van der Waals surface area contributed by atoms with Gasteiger partial charge in [-0.25, -0.2) is 0 Å². The second kappa shape index (κ2) is 7.34. The van der Waals surface area contributed by atoms with Gasteiger partial charge in [-0.3, -0.25) is 9.59 Å². The van der Waals surface area contributed by atoms with Crippen molar-refractivity contribution >= 4 is 11.9 Å². The van der Waals surface area contributed by atoms with Gasteiger partial charge in [0.05, 0.1) is 12.5 Å². The Hall–Kier alpha value is -1.88. The minimum Gasteiger partial charge on any atom is -0.481 e. The lowest BCUT2D eigenvalue weighted by Crippen LogP contribution is -2.39. The number of carboxylic acid groups (broad SMARTS) is 1. The molecule has 2 fully saturated rings. The molecule has 3 rings (SSSR count). The highest BCUT2D eigenvalue weighted by atomic mass is 16.5. The van der Waals surface area contributed by atoms with Crippen LogP contribution in [0.3, 0.4) is 0 Å². The van der Waals surface area contributed by atoms with Crippen molar-refractivity contribution in [2.24, 2.45) is 5.92 Å². The quantitative estimate of drug-likeness (QED) is 0.834. The topological polar surface area (TPSA) is 66.8 Å². The number of nitrogens with zero attached hydrogens (tertiary/aromatic N) is 1. The van der Waals surface area contributed by atoms with E-state index in [9.17, 15) is 9.59 Å². The van der Waals surface area contributed by atoms with Crippen LogP contribution in [0.15, 0.2) is 24.3 Å². The SMILES string of the molecule is Cc1ccccc1[C@@H]1C[C@@H]1C(=O)N(CCC(=O)O)C[C@H]1CCCO1. The number of aliphatic carboxylic acids is 1. The van der Waals surface area contributed by atoms with Crippen LogP contribution in [0, 0.1) is 12.8 Å². The fourth-order valence-corrected chi connectivity index (χ4v) is 3.61. The van der Waals surface area contributed by atoms with Crippen LogP contribution in [0.5, 0.6) is 0 Å². The molecule has 24 heavy (non-hydrogen) atoms. The minimum absolute atomic E-state index is 0.0127. The first kappa shape index (κ1) is 17.0. The number of aryl methyl sites for hydroxylation is 1. The van der Waals surface area contributed by atoms with Crippen LogP contribution in [-0.2, 0) is 14.3 Å². The van der Waals surface area contributed by atoms with Gasteiger partial charge in [-0.1, -0.05) is 24.3 Å². The highest BCUT2D eigenvalue weighted by Gasteiger charge is 2.46. The van der Waals surface area contributed by atoms with E-state index < -0.39 is 5.97 Å². The molecule has 1 heterocycles. The first-order valence-electron chi connectivity index (χ1n) is 8.74. The molecular weight excluding hydrogens is 306 g/mol. The Bertz CT molecular complexity index is 609. The van der Waals surface area contributed by atoms with Gasteiger partial charge in [0.1, 0.15) is 0 Å². The summed E-state index contributed by atoms with van der Waals surface area (Å²) in [6.07, 6.45) is 2.86. The van der Waals surface area contributed by atoms with Crippen molar-refractivity contribution in [3.8, 4) is 0 Å². The number of carbonyl (C=O) groups is 2. The molecule has 1 N–H and O–H groups in total. The lowest BCUT2D eigenvalue weighted by Gasteiger charge is -2.25. The number of benzene rings is 1. The van der Waals surface area contributed by atoms with Gasteiger partial charge in [0, 0.05) is 25.6 Å². The van der Waals surface area contributed by atoms with Crippen molar-refractivity contribution in [3.05, 3.63) is 35.4 Å². The van der Waals surface area contributed by atoms with E-state index in [0.717, 1.165) is 25.9 Å². The summed E-state index contributed by atoms with van der Waals surface area (Å²) in [6.45, 7) is 3.60. The van der Waals surface area contributed by atoms with E-state index in [1.54, 1.807) is 4.90 Å². The van der Waals surface area contributed by atoms with Gasteiger partial charge < -0.3 is 14.7 Å². The summed E-state index contributed by atoms with van der Waals surface area (Å²) >= 11 is 0. The Balaban J connectivity index is 1.64. The van der Waals surface area contributed by atoms with Gasteiger partial charge >= 0.3 is 5.97 Å². The van der Waals surface area contributed by atoms with E-state index in [0.29, 0.717) is 6.54 Å². The molecule has 0 bridgehead atoms. The fraction of sp³-hybridized carbons (Fsp3) is 0.579. The lowest BCUT2D eigenvalue weighted by atomic mass is 10.0. The molecule has 1 amide bonds. The summed E-state index contributed by atoms with van der Waals surface area (Å²) in [5.74, 6) is -0.525. The molecule has 5 nitrogen and oxygen atoms in total. The molecule has 0 aromatic heterocycles. The predicted molar refractivity (Wildman–Crippen MR) is 89.8 cm³/mol. The molecule has 130 valence electrons. The molecule has 2 aliphatic rings. The average Bonchev–Trinajstić information content (AvgIpc) is 3.18. The summed E-state index contributed by atoms with van der Waals surface area (Å²) in [5, 5.41) is 8.96. The van der Waals surface area contributed by atoms with Crippen molar-refractivity contribution in [1.82, 2.24) is 4.90 Å². The molecule has 0 radical (unpaired) electrons. The van der Waals surface area contributed by atoms with Crippen LogP contribution in [0.4, 0.5) is 0 Å². The Morgan fingerprint density at radius 1 is 1.33 bits per heavy atom. The maximum atomic E-state index is 12.9. The Morgan fingerprint density at radius 2 is 2.12 bits per heavy atom.